The molecule has 0 saturated heterocycles. The summed E-state index contributed by atoms with van der Waals surface area (Å²) >= 11 is 0. The maximum absolute atomic E-state index is 13.5. The molecule has 0 aliphatic carbocycles. The summed E-state index contributed by atoms with van der Waals surface area (Å²) in [7, 11) is 0. The van der Waals surface area contributed by atoms with Crippen LogP contribution >= 0.6 is 0 Å². The molecule has 1 aliphatic heterocycles. The van der Waals surface area contributed by atoms with E-state index in [1.54, 1.807) is 0 Å². The molecule has 0 aromatic heterocycles. The SMILES string of the molecule is CCOc1ccc(NC2=C(c3ccc(C)cc3C)C(=O)N(Cc3ccccc3)C2=O)cc1. The number of hydrogen-bond donors (Lipinski definition) is 1. The largest absolute Gasteiger partial charge is 0.494 e. The van der Waals surface area contributed by atoms with E-state index in [1.165, 1.54) is 4.90 Å². The average Bonchev–Trinajstić information content (AvgIpc) is 3.00. The van der Waals surface area contributed by atoms with Gasteiger partial charge < -0.3 is 10.1 Å². The van der Waals surface area contributed by atoms with E-state index in [4.69, 9.17) is 4.74 Å². The van der Waals surface area contributed by atoms with Crippen LogP contribution in [0.4, 0.5) is 5.69 Å². The van der Waals surface area contributed by atoms with Gasteiger partial charge in [0.15, 0.2) is 0 Å². The number of ether oxygens (including phenoxy) is 1. The molecule has 5 nitrogen and oxygen atoms in total. The van der Waals surface area contributed by atoms with Crippen molar-refractivity contribution in [2.45, 2.75) is 27.3 Å². The zero-order valence-corrected chi connectivity index (χ0v) is 18.5. The first-order chi connectivity index (χ1) is 15.5. The molecule has 0 bridgehead atoms. The van der Waals surface area contributed by atoms with Crippen LogP contribution in [-0.4, -0.2) is 23.3 Å². The Morgan fingerprint density at radius 1 is 0.875 bits per heavy atom. The minimum absolute atomic E-state index is 0.224. The average molecular weight is 427 g/mol. The van der Waals surface area contributed by atoms with Gasteiger partial charge in [0.2, 0.25) is 0 Å². The Kier molecular flexibility index (Phi) is 6.08. The van der Waals surface area contributed by atoms with Crippen LogP contribution in [0.5, 0.6) is 5.75 Å². The molecule has 32 heavy (non-hydrogen) atoms. The lowest BCUT2D eigenvalue weighted by molar-refractivity contribution is -0.137. The quantitative estimate of drug-likeness (QED) is 0.535. The number of aryl methyl sites for hydroxylation is 2. The van der Waals surface area contributed by atoms with Crippen molar-refractivity contribution in [1.29, 1.82) is 0 Å². The molecule has 0 spiro atoms. The molecular weight excluding hydrogens is 400 g/mol. The molecule has 0 atom stereocenters. The summed E-state index contributed by atoms with van der Waals surface area (Å²) in [5.74, 6) is 0.128. The van der Waals surface area contributed by atoms with Crippen molar-refractivity contribution in [2.24, 2.45) is 0 Å². The highest BCUT2D eigenvalue weighted by atomic mass is 16.5. The molecular formula is C27H26N2O3. The molecule has 0 unspecified atom stereocenters. The fourth-order valence-corrected chi connectivity index (χ4v) is 3.89. The van der Waals surface area contributed by atoms with E-state index in [0.717, 1.165) is 28.0 Å². The van der Waals surface area contributed by atoms with Crippen LogP contribution in [0.2, 0.25) is 0 Å². The van der Waals surface area contributed by atoms with Gasteiger partial charge in [0.25, 0.3) is 11.8 Å². The third-order valence-electron chi connectivity index (χ3n) is 5.44. The highest BCUT2D eigenvalue weighted by Gasteiger charge is 2.39. The van der Waals surface area contributed by atoms with Crippen LogP contribution in [0.1, 0.15) is 29.2 Å². The summed E-state index contributed by atoms with van der Waals surface area (Å²) in [6.45, 7) is 6.70. The normalized spacial score (nSPS) is 13.7. The molecule has 162 valence electrons. The lowest BCUT2D eigenvalue weighted by atomic mass is 9.97. The fraction of sp³-hybridized carbons (Fsp3) is 0.185. The molecule has 4 rings (SSSR count). The third kappa shape index (κ3) is 4.28. The summed E-state index contributed by atoms with van der Waals surface area (Å²) in [4.78, 5) is 28.2. The van der Waals surface area contributed by atoms with Crippen molar-refractivity contribution >= 4 is 23.1 Å². The Bertz CT molecular complexity index is 1180. The van der Waals surface area contributed by atoms with Gasteiger partial charge in [-0.15, -0.1) is 0 Å². The van der Waals surface area contributed by atoms with Crippen molar-refractivity contribution in [3.05, 3.63) is 101 Å². The van der Waals surface area contributed by atoms with Gasteiger partial charge in [-0.1, -0.05) is 54.1 Å². The summed E-state index contributed by atoms with van der Waals surface area (Å²) in [5, 5.41) is 3.21. The maximum Gasteiger partial charge on any atom is 0.278 e. The van der Waals surface area contributed by atoms with Gasteiger partial charge in [0.1, 0.15) is 11.4 Å². The molecule has 0 radical (unpaired) electrons. The summed E-state index contributed by atoms with van der Waals surface area (Å²) < 4.78 is 5.50. The number of rotatable bonds is 7. The van der Waals surface area contributed by atoms with E-state index in [-0.39, 0.29) is 18.4 Å². The highest BCUT2D eigenvalue weighted by molar-refractivity contribution is 6.36. The molecule has 0 saturated carbocycles. The fourth-order valence-electron chi connectivity index (χ4n) is 3.89. The van der Waals surface area contributed by atoms with Crippen LogP contribution in [0.15, 0.2) is 78.5 Å². The number of nitrogens with zero attached hydrogens (tertiary/aromatic N) is 1. The van der Waals surface area contributed by atoms with Crippen LogP contribution in [0.25, 0.3) is 5.57 Å². The Balaban J connectivity index is 1.73. The van der Waals surface area contributed by atoms with Gasteiger partial charge in [0.05, 0.1) is 18.7 Å². The topological polar surface area (TPSA) is 58.6 Å². The van der Waals surface area contributed by atoms with E-state index in [9.17, 15) is 9.59 Å². The van der Waals surface area contributed by atoms with E-state index in [1.807, 2.05) is 93.6 Å². The van der Waals surface area contributed by atoms with Crippen LogP contribution < -0.4 is 10.1 Å². The number of benzene rings is 3. The van der Waals surface area contributed by atoms with E-state index in [2.05, 4.69) is 5.32 Å². The van der Waals surface area contributed by atoms with Crippen molar-refractivity contribution in [2.75, 3.05) is 11.9 Å². The standard InChI is InChI=1S/C27H26N2O3/c1-4-32-22-13-11-21(12-14-22)28-25-24(23-15-10-18(2)16-19(23)3)26(30)29(27(25)31)17-20-8-6-5-7-9-20/h5-16,28H,4,17H2,1-3H3. The van der Waals surface area contributed by atoms with E-state index >= 15 is 0 Å². The van der Waals surface area contributed by atoms with E-state index < -0.39 is 0 Å². The first kappa shape index (κ1) is 21.4. The molecule has 3 aromatic carbocycles. The first-order valence-electron chi connectivity index (χ1n) is 10.7. The summed E-state index contributed by atoms with van der Waals surface area (Å²) in [6.07, 6.45) is 0. The number of anilines is 1. The van der Waals surface area contributed by atoms with Gasteiger partial charge in [-0.25, -0.2) is 0 Å². The first-order valence-corrected chi connectivity index (χ1v) is 10.7. The summed E-state index contributed by atoms with van der Waals surface area (Å²) in [6, 6.07) is 22.8. The van der Waals surface area contributed by atoms with Crippen LogP contribution in [0, 0.1) is 13.8 Å². The second-order valence-corrected chi connectivity index (χ2v) is 7.83. The second-order valence-electron chi connectivity index (χ2n) is 7.83. The van der Waals surface area contributed by atoms with Gasteiger partial charge in [-0.3, -0.25) is 14.5 Å². The zero-order valence-electron chi connectivity index (χ0n) is 18.5. The Hall–Kier alpha value is -3.86. The Labute approximate surface area is 188 Å². The summed E-state index contributed by atoms with van der Waals surface area (Å²) in [5.41, 5.74) is 5.13. The van der Waals surface area contributed by atoms with E-state index in [0.29, 0.717) is 23.6 Å². The molecule has 0 fully saturated rings. The third-order valence-corrected chi connectivity index (χ3v) is 5.44. The van der Waals surface area contributed by atoms with Crippen molar-refractivity contribution in [3.63, 3.8) is 0 Å². The number of imide groups is 1. The lowest BCUT2D eigenvalue weighted by Crippen LogP contribution is -2.32. The highest BCUT2D eigenvalue weighted by Crippen LogP contribution is 2.33. The molecule has 3 aromatic rings. The predicted octanol–water partition coefficient (Wildman–Crippen LogP) is 5.09. The molecule has 1 heterocycles. The molecule has 2 amide bonds. The number of amides is 2. The number of hydrogen-bond acceptors (Lipinski definition) is 4. The van der Waals surface area contributed by atoms with Crippen molar-refractivity contribution < 1.29 is 14.3 Å². The zero-order chi connectivity index (χ0) is 22.7. The monoisotopic (exact) mass is 426 g/mol. The molecule has 1 N–H and O–H groups in total. The van der Waals surface area contributed by atoms with Crippen molar-refractivity contribution in [3.8, 4) is 5.75 Å². The Morgan fingerprint density at radius 3 is 2.25 bits per heavy atom. The number of carbonyl (C=O) groups is 2. The molecule has 1 aliphatic rings. The van der Waals surface area contributed by atoms with Gasteiger partial charge in [-0.2, -0.15) is 0 Å². The maximum atomic E-state index is 13.5. The van der Waals surface area contributed by atoms with Gasteiger partial charge in [-0.05, 0) is 61.7 Å². The Morgan fingerprint density at radius 2 is 1.59 bits per heavy atom. The molecule has 5 heteroatoms. The second kappa shape index (κ2) is 9.10. The minimum Gasteiger partial charge on any atom is -0.494 e. The van der Waals surface area contributed by atoms with Crippen LogP contribution in [0.3, 0.4) is 0 Å². The predicted molar refractivity (Wildman–Crippen MR) is 126 cm³/mol. The minimum atomic E-state index is -0.331. The number of nitrogens with one attached hydrogen (secondary N) is 1. The van der Waals surface area contributed by atoms with Gasteiger partial charge >= 0.3 is 0 Å². The van der Waals surface area contributed by atoms with Crippen LogP contribution in [-0.2, 0) is 16.1 Å². The van der Waals surface area contributed by atoms with Crippen molar-refractivity contribution in [1.82, 2.24) is 4.90 Å². The smallest absolute Gasteiger partial charge is 0.278 e. The van der Waals surface area contributed by atoms with Gasteiger partial charge in [0, 0.05) is 5.69 Å². The lowest BCUT2D eigenvalue weighted by Gasteiger charge is -2.15. The number of carbonyl (C=O) groups excluding carboxylic acids is 2.